The molecule has 5 N–H and O–H groups in total. The summed E-state index contributed by atoms with van der Waals surface area (Å²) in [5.41, 5.74) is 7.11. The van der Waals surface area contributed by atoms with E-state index < -0.39 is 6.04 Å². The van der Waals surface area contributed by atoms with Crippen molar-refractivity contribution in [2.75, 3.05) is 11.1 Å². The van der Waals surface area contributed by atoms with Crippen LogP contribution in [0.3, 0.4) is 0 Å². The van der Waals surface area contributed by atoms with Gasteiger partial charge in [-0.3, -0.25) is 14.5 Å². The van der Waals surface area contributed by atoms with Crippen LogP contribution >= 0.6 is 11.6 Å². The lowest BCUT2D eigenvalue weighted by molar-refractivity contribution is 0.276. The first kappa shape index (κ1) is 22.5. The van der Waals surface area contributed by atoms with E-state index in [-0.39, 0.29) is 23.9 Å². The first-order valence-electron chi connectivity index (χ1n) is 10.5. The highest BCUT2D eigenvalue weighted by molar-refractivity contribution is 6.35. The van der Waals surface area contributed by atoms with E-state index >= 15 is 0 Å². The highest BCUT2D eigenvalue weighted by atomic mass is 35.5. The highest BCUT2D eigenvalue weighted by Crippen LogP contribution is 2.32. The molecule has 4 heterocycles. The molecule has 4 aromatic heterocycles. The number of pyridine rings is 1. The molecule has 0 radical (unpaired) electrons. The Balaban J connectivity index is 1.67. The van der Waals surface area contributed by atoms with Crippen molar-refractivity contribution in [2.24, 2.45) is 0 Å². The zero-order valence-corrected chi connectivity index (χ0v) is 19.4. The largest absolute Gasteiger partial charge is 0.390 e. The molecule has 1 atom stereocenters. The number of aromatic amines is 1. The second-order valence-corrected chi connectivity index (χ2v) is 8.23. The van der Waals surface area contributed by atoms with E-state index in [2.05, 4.69) is 35.6 Å². The fraction of sp³-hybridized carbons (Fsp3) is 0.182. The van der Waals surface area contributed by atoms with Gasteiger partial charge in [0.1, 0.15) is 23.5 Å². The number of aryl methyl sites for hydroxylation is 1. The molecule has 5 aromatic rings. The van der Waals surface area contributed by atoms with Gasteiger partial charge >= 0.3 is 0 Å². The molecule has 0 fully saturated rings. The molecule has 0 spiro atoms. The molecule has 5 rings (SSSR count). The Morgan fingerprint density at radius 3 is 2.86 bits per heavy atom. The third-order valence-electron chi connectivity index (χ3n) is 5.46. The molecule has 0 saturated carbocycles. The molecular formula is C22H20ClN9O3. The van der Waals surface area contributed by atoms with Gasteiger partial charge in [0.15, 0.2) is 11.6 Å². The van der Waals surface area contributed by atoms with Crippen LogP contribution in [0.15, 0.2) is 46.0 Å². The number of hydrogen-bond acceptors (Lipinski definition) is 10. The summed E-state index contributed by atoms with van der Waals surface area (Å²) in [6, 6.07) is 8.18. The molecule has 178 valence electrons. The fourth-order valence-electron chi connectivity index (χ4n) is 3.84. The number of hydrogen-bond donors (Lipinski definition) is 4. The van der Waals surface area contributed by atoms with Crippen molar-refractivity contribution in [2.45, 2.75) is 26.5 Å². The minimum absolute atomic E-state index is 0.154. The molecule has 12 nitrogen and oxygen atoms in total. The van der Waals surface area contributed by atoms with Gasteiger partial charge in [-0.25, -0.2) is 9.97 Å². The van der Waals surface area contributed by atoms with Crippen molar-refractivity contribution < 1.29 is 9.63 Å². The first-order chi connectivity index (χ1) is 16.9. The normalized spacial score (nSPS) is 12.2. The standard InChI is InChI=1S/C22H20ClN9O3/c1-10(27-20-18(19(24)25-9-26-20)21-28-11(2)31-35-21)15-6-12-4-3-5-14(23)17(12)22(34)32(15)16-7-13(8-33)29-30-16/h3-7,9-10,33H,8H2,1-2H3,(H,29,30)(H3,24,25,26,27). The number of nitrogens with zero attached hydrogens (tertiary/aromatic N) is 6. The van der Waals surface area contributed by atoms with Crippen LogP contribution in [0, 0.1) is 6.92 Å². The van der Waals surface area contributed by atoms with Crippen LogP contribution < -0.4 is 16.6 Å². The lowest BCUT2D eigenvalue weighted by atomic mass is 10.1. The average Bonchev–Trinajstić information content (AvgIpc) is 3.48. The minimum atomic E-state index is -0.488. The van der Waals surface area contributed by atoms with Gasteiger partial charge in [-0.15, -0.1) is 0 Å². The molecule has 0 bridgehead atoms. The third kappa shape index (κ3) is 3.98. The van der Waals surface area contributed by atoms with Crippen LogP contribution in [-0.4, -0.2) is 40.0 Å². The minimum Gasteiger partial charge on any atom is -0.390 e. The molecule has 0 aliphatic carbocycles. The lowest BCUT2D eigenvalue weighted by Gasteiger charge is -2.21. The first-order valence-corrected chi connectivity index (χ1v) is 10.9. The molecule has 1 unspecified atom stereocenters. The second-order valence-electron chi connectivity index (χ2n) is 7.82. The van der Waals surface area contributed by atoms with E-state index in [1.165, 1.54) is 10.9 Å². The smallest absolute Gasteiger partial charge is 0.266 e. The van der Waals surface area contributed by atoms with Gasteiger partial charge in [-0.2, -0.15) is 10.1 Å². The zero-order chi connectivity index (χ0) is 24.7. The number of aliphatic hydroxyl groups excluding tert-OH is 1. The number of nitrogen functional groups attached to an aromatic ring is 1. The van der Waals surface area contributed by atoms with Crippen molar-refractivity contribution in [3.63, 3.8) is 0 Å². The van der Waals surface area contributed by atoms with E-state index in [1.54, 1.807) is 25.1 Å². The third-order valence-corrected chi connectivity index (χ3v) is 5.77. The molecule has 0 amide bonds. The maximum Gasteiger partial charge on any atom is 0.266 e. The molecular weight excluding hydrogens is 474 g/mol. The summed E-state index contributed by atoms with van der Waals surface area (Å²) in [7, 11) is 0. The van der Waals surface area contributed by atoms with Gasteiger partial charge < -0.3 is 20.7 Å². The van der Waals surface area contributed by atoms with Crippen molar-refractivity contribution in [3.8, 4) is 17.3 Å². The second kappa shape index (κ2) is 8.81. The molecule has 1 aromatic carbocycles. The SMILES string of the molecule is Cc1noc(-c2c(N)ncnc2NC(C)c2cc3cccc(Cl)c3c(=O)n2-c2cc(CO)[nH]n2)n1. The number of nitrogens with two attached hydrogens (primary N) is 1. The van der Waals surface area contributed by atoms with Crippen LogP contribution in [-0.2, 0) is 6.61 Å². The summed E-state index contributed by atoms with van der Waals surface area (Å²) in [6.07, 6.45) is 1.31. The molecule has 35 heavy (non-hydrogen) atoms. The van der Waals surface area contributed by atoms with Crippen LogP contribution in [0.5, 0.6) is 0 Å². The highest BCUT2D eigenvalue weighted by Gasteiger charge is 2.23. The monoisotopic (exact) mass is 493 g/mol. The van der Waals surface area contributed by atoms with Gasteiger partial charge in [-0.05, 0) is 31.4 Å². The van der Waals surface area contributed by atoms with Gasteiger partial charge in [-0.1, -0.05) is 28.9 Å². The number of fused-ring (bicyclic) bond motifs is 1. The Bertz CT molecular complexity index is 1610. The summed E-state index contributed by atoms with van der Waals surface area (Å²) in [5.74, 6) is 1.40. The maximum absolute atomic E-state index is 13.6. The number of nitrogens with one attached hydrogen (secondary N) is 2. The predicted octanol–water partition coefficient (Wildman–Crippen LogP) is 2.76. The summed E-state index contributed by atoms with van der Waals surface area (Å²) in [5, 5.41) is 24.9. The summed E-state index contributed by atoms with van der Waals surface area (Å²) in [6.45, 7) is 3.28. The molecule has 0 saturated heterocycles. The molecule has 0 aliphatic rings. The van der Waals surface area contributed by atoms with Crippen molar-refractivity contribution in [1.29, 1.82) is 0 Å². The number of benzene rings is 1. The van der Waals surface area contributed by atoms with E-state index in [0.717, 1.165) is 0 Å². The Morgan fingerprint density at radius 1 is 1.31 bits per heavy atom. The summed E-state index contributed by atoms with van der Waals surface area (Å²) in [4.78, 5) is 26.2. The fourth-order valence-corrected chi connectivity index (χ4v) is 4.10. The van der Waals surface area contributed by atoms with Crippen molar-refractivity contribution in [1.82, 2.24) is 34.9 Å². The summed E-state index contributed by atoms with van der Waals surface area (Å²) < 4.78 is 6.72. The van der Waals surface area contributed by atoms with Crippen LogP contribution in [0.2, 0.25) is 5.02 Å². The lowest BCUT2D eigenvalue weighted by Crippen LogP contribution is -2.26. The van der Waals surface area contributed by atoms with E-state index in [0.29, 0.717) is 50.2 Å². The molecule has 13 heteroatoms. The average molecular weight is 494 g/mol. The summed E-state index contributed by atoms with van der Waals surface area (Å²) >= 11 is 6.37. The van der Waals surface area contributed by atoms with E-state index in [4.69, 9.17) is 21.9 Å². The van der Waals surface area contributed by atoms with Gasteiger partial charge in [0.2, 0.25) is 0 Å². The number of aliphatic hydroxyl groups is 1. The van der Waals surface area contributed by atoms with Gasteiger partial charge in [0.05, 0.1) is 34.4 Å². The van der Waals surface area contributed by atoms with Crippen molar-refractivity contribution >= 4 is 34.0 Å². The van der Waals surface area contributed by atoms with Crippen LogP contribution in [0.25, 0.3) is 28.0 Å². The predicted molar refractivity (Wildman–Crippen MR) is 129 cm³/mol. The Hall–Kier alpha value is -4.29. The zero-order valence-electron chi connectivity index (χ0n) is 18.7. The van der Waals surface area contributed by atoms with Crippen LogP contribution in [0.1, 0.15) is 30.2 Å². The Morgan fingerprint density at radius 2 is 2.14 bits per heavy atom. The van der Waals surface area contributed by atoms with E-state index in [9.17, 15) is 9.90 Å². The topological polar surface area (TPSA) is 174 Å². The molecule has 0 aliphatic heterocycles. The number of aromatic nitrogens is 7. The number of H-pyrrole nitrogens is 1. The van der Waals surface area contributed by atoms with E-state index in [1.807, 2.05) is 19.1 Å². The quantitative estimate of drug-likeness (QED) is 0.275. The number of rotatable bonds is 6. The van der Waals surface area contributed by atoms with Crippen LogP contribution in [0.4, 0.5) is 11.6 Å². The van der Waals surface area contributed by atoms with Gasteiger partial charge in [0, 0.05) is 6.07 Å². The van der Waals surface area contributed by atoms with Gasteiger partial charge in [0.25, 0.3) is 11.4 Å². The Kier molecular flexibility index (Phi) is 5.67. The Labute approximate surface area is 202 Å². The van der Waals surface area contributed by atoms with Crippen molar-refractivity contribution in [3.05, 3.63) is 69.2 Å². The number of anilines is 2. The number of halogens is 1. The maximum atomic E-state index is 13.6.